The number of alkyl halides is 2. The minimum absolute atomic E-state index is 0. The average molecular weight is 526 g/mol. The molecule has 0 aromatic rings. The van der Waals surface area contributed by atoms with Gasteiger partial charge >= 0.3 is 71.1 Å². The second-order valence-electron chi connectivity index (χ2n) is 5.32. The largest absolute Gasteiger partial charge is 1.00 e. The van der Waals surface area contributed by atoms with Crippen LogP contribution in [0.25, 0.3) is 0 Å². The summed E-state index contributed by atoms with van der Waals surface area (Å²) in [6, 6.07) is 0. The van der Waals surface area contributed by atoms with Gasteiger partial charge in [0.25, 0.3) is 5.66 Å². The van der Waals surface area contributed by atoms with E-state index in [2.05, 4.69) is 92.4 Å². The standard InChI is InChI=1S/C24H13F2O7P.2Na/c1-3-4-5-6-7-8-9-10-11-12-13-14-15-16-17-18-23(28)33-22(20-32-21(2)27)19-24(25,26)34(29,30)31;;/h22H,19-20H2,1-2H3,(H2,29,30,31);;/q;2*+1/p-2/t22-;;/m0../s1. The number of esters is 2. The van der Waals surface area contributed by atoms with Gasteiger partial charge in [0.1, 0.15) is 12.7 Å². The quantitative estimate of drug-likeness (QED) is 0.111. The molecule has 1 atom stereocenters. The second-order valence-corrected chi connectivity index (χ2v) is 6.97. The third-order valence-electron chi connectivity index (χ3n) is 2.72. The first-order valence-electron chi connectivity index (χ1n) is 8.66. The zero-order valence-corrected chi connectivity index (χ0v) is 24.4. The summed E-state index contributed by atoms with van der Waals surface area (Å²) in [6.07, 6.45) is -3.66. The van der Waals surface area contributed by atoms with Crippen LogP contribution >= 0.6 is 7.60 Å². The van der Waals surface area contributed by atoms with Crippen LogP contribution in [0.15, 0.2) is 0 Å². The fourth-order valence-corrected chi connectivity index (χ4v) is 1.86. The van der Waals surface area contributed by atoms with Crippen molar-refractivity contribution >= 4 is 19.5 Å². The molecule has 0 saturated heterocycles. The molecule has 0 spiro atoms. The Hall–Kier alpha value is -2.57. The third-order valence-corrected chi connectivity index (χ3v) is 3.71. The molecule has 0 unspecified atom stereocenters. The van der Waals surface area contributed by atoms with E-state index in [1.807, 2.05) is 11.8 Å². The van der Waals surface area contributed by atoms with Gasteiger partial charge in [-0.3, -0.25) is 4.79 Å². The van der Waals surface area contributed by atoms with Crippen LogP contribution in [0.3, 0.4) is 0 Å². The number of rotatable bonds is 6. The zero-order chi connectivity index (χ0) is 25.9. The Morgan fingerprint density at radius 3 is 1.58 bits per heavy atom. The molecule has 0 aromatic heterocycles. The first kappa shape index (κ1) is 38.0. The molecule has 12 heteroatoms. The minimum Gasteiger partial charge on any atom is -0.807 e. The summed E-state index contributed by atoms with van der Waals surface area (Å²) in [5.41, 5.74) is -4.74. The van der Waals surface area contributed by atoms with Gasteiger partial charge < -0.3 is 23.8 Å². The monoisotopic (exact) mass is 526 g/mol. The van der Waals surface area contributed by atoms with Crippen molar-refractivity contribution in [3.63, 3.8) is 0 Å². The van der Waals surface area contributed by atoms with E-state index < -0.39 is 44.3 Å². The number of carbonyl (C=O) groups excluding carboxylic acids is 2. The van der Waals surface area contributed by atoms with Crippen LogP contribution in [0.1, 0.15) is 20.3 Å². The minimum atomic E-state index is -6.34. The van der Waals surface area contributed by atoms with Gasteiger partial charge in [-0.2, -0.15) is 0 Å². The number of hydrogen-bond donors (Lipinski definition) is 0. The van der Waals surface area contributed by atoms with Gasteiger partial charge in [-0.1, -0.05) is 5.92 Å². The molecule has 170 valence electrons. The first-order chi connectivity index (χ1) is 16.0. The van der Waals surface area contributed by atoms with Gasteiger partial charge in [0, 0.05) is 20.4 Å². The van der Waals surface area contributed by atoms with Crippen molar-refractivity contribution in [1.82, 2.24) is 0 Å². The van der Waals surface area contributed by atoms with Crippen molar-refractivity contribution < 1.29 is 101 Å². The van der Waals surface area contributed by atoms with Crippen molar-refractivity contribution in [2.45, 2.75) is 32.0 Å². The Morgan fingerprint density at radius 2 is 1.22 bits per heavy atom. The van der Waals surface area contributed by atoms with Crippen molar-refractivity contribution in [3.8, 4) is 94.7 Å². The summed E-state index contributed by atoms with van der Waals surface area (Å²) >= 11 is 0. The summed E-state index contributed by atoms with van der Waals surface area (Å²) < 4.78 is 46.4. The fraction of sp³-hybridized carbons (Fsp3) is 0.250. The van der Waals surface area contributed by atoms with Gasteiger partial charge in [-0.25, -0.2) is 13.6 Å². The Labute approximate surface area is 252 Å². The Bertz CT molecular complexity index is 1360. The van der Waals surface area contributed by atoms with Crippen molar-refractivity contribution in [1.29, 1.82) is 0 Å². The molecular weight excluding hydrogens is 515 g/mol. The molecule has 7 nitrogen and oxygen atoms in total. The van der Waals surface area contributed by atoms with Crippen molar-refractivity contribution in [2.75, 3.05) is 6.61 Å². The van der Waals surface area contributed by atoms with Gasteiger partial charge in [-0.05, 0) is 89.8 Å². The van der Waals surface area contributed by atoms with E-state index in [-0.39, 0.29) is 59.1 Å². The second kappa shape index (κ2) is 21.7. The van der Waals surface area contributed by atoms with E-state index in [1.165, 1.54) is 0 Å². The van der Waals surface area contributed by atoms with Crippen LogP contribution in [0.4, 0.5) is 8.78 Å². The Morgan fingerprint density at radius 1 is 0.833 bits per heavy atom. The predicted molar refractivity (Wildman–Crippen MR) is 112 cm³/mol. The summed E-state index contributed by atoms with van der Waals surface area (Å²) in [7, 11) is -6.34. The molecule has 0 aliphatic heterocycles. The van der Waals surface area contributed by atoms with E-state index in [0.29, 0.717) is 0 Å². The topological polar surface area (TPSA) is 116 Å². The summed E-state index contributed by atoms with van der Waals surface area (Å²) in [4.78, 5) is 43.6. The van der Waals surface area contributed by atoms with E-state index in [1.54, 1.807) is 6.92 Å². The molecule has 0 aliphatic rings. The zero-order valence-electron chi connectivity index (χ0n) is 19.6. The molecule has 0 fully saturated rings. The van der Waals surface area contributed by atoms with Crippen LogP contribution in [-0.4, -0.2) is 30.3 Å². The van der Waals surface area contributed by atoms with E-state index >= 15 is 0 Å². The molecule has 0 aromatic carbocycles. The molecule has 0 saturated carbocycles. The number of halogens is 2. The summed E-state index contributed by atoms with van der Waals surface area (Å²) in [6.45, 7) is 1.66. The maximum Gasteiger partial charge on any atom is 1.00 e. The fourth-order valence-electron chi connectivity index (χ4n) is 1.43. The molecule has 36 heavy (non-hydrogen) atoms. The number of hydrogen-bond acceptors (Lipinski definition) is 7. The number of carbonyl (C=O) groups is 2. The SMILES string of the molecule is CC#CC#CC#CC#CC#CC#CC#CC#CC(=O)O[C@H](COC(C)=O)CC(F)(F)P(=O)([O-])[O-].[Na+].[Na+]. The van der Waals surface area contributed by atoms with E-state index in [0.717, 1.165) is 6.92 Å². The molecule has 0 bridgehead atoms. The summed E-state index contributed by atoms with van der Waals surface area (Å²) in [5, 5.41) is 0. The normalized spacial score (nSPS) is 8.72. The molecule has 0 rings (SSSR count). The Kier molecular flexibility index (Phi) is 22.9. The number of ether oxygens (including phenoxy) is 2. The van der Waals surface area contributed by atoms with Gasteiger partial charge in [0.15, 0.2) is 0 Å². The molecule has 0 amide bonds. The molecular formula is C24H11F2Na2O7P. The predicted octanol–water partition coefficient (Wildman–Crippen LogP) is -6.59. The summed E-state index contributed by atoms with van der Waals surface area (Å²) in [5.74, 6) is 34.7. The average Bonchev–Trinajstić information content (AvgIpc) is 2.73. The van der Waals surface area contributed by atoms with Crippen LogP contribution in [-0.2, 0) is 23.6 Å². The van der Waals surface area contributed by atoms with Crippen LogP contribution in [0.5, 0.6) is 0 Å². The van der Waals surface area contributed by atoms with Gasteiger partial charge in [0.2, 0.25) is 0 Å². The molecule has 0 heterocycles. The van der Waals surface area contributed by atoms with Crippen LogP contribution in [0.2, 0.25) is 0 Å². The molecule has 0 radical (unpaired) electrons. The van der Waals surface area contributed by atoms with Gasteiger partial charge in [0.05, 0.1) is 6.42 Å². The maximum absolute atomic E-state index is 13.4. The first-order valence-corrected chi connectivity index (χ1v) is 10.2. The van der Waals surface area contributed by atoms with Crippen molar-refractivity contribution in [3.05, 3.63) is 0 Å². The van der Waals surface area contributed by atoms with Crippen LogP contribution < -0.4 is 68.9 Å². The van der Waals surface area contributed by atoms with Gasteiger partial charge in [-0.15, -0.1) is 0 Å². The smallest absolute Gasteiger partial charge is 0.807 e. The maximum atomic E-state index is 13.4. The van der Waals surface area contributed by atoms with Crippen LogP contribution in [0, 0.1) is 94.7 Å². The third kappa shape index (κ3) is 20.8. The van der Waals surface area contributed by atoms with E-state index in [9.17, 15) is 32.7 Å². The molecule has 0 N–H and O–H groups in total. The Balaban J connectivity index is -0.00000544. The van der Waals surface area contributed by atoms with E-state index in [4.69, 9.17) is 0 Å². The van der Waals surface area contributed by atoms with Crippen molar-refractivity contribution in [2.24, 2.45) is 0 Å². The molecule has 0 aliphatic carbocycles.